The molecule has 0 bridgehead atoms. The quantitative estimate of drug-likeness (QED) is 0.269. The van der Waals surface area contributed by atoms with Crippen LogP contribution < -0.4 is 10.6 Å². The normalized spacial score (nSPS) is 17.0. The van der Waals surface area contributed by atoms with Crippen molar-refractivity contribution in [3.8, 4) is 11.8 Å². The molecule has 1 unspecified atom stereocenters. The lowest BCUT2D eigenvalue weighted by Crippen LogP contribution is -2.46. The summed E-state index contributed by atoms with van der Waals surface area (Å²) in [6.45, 7) is 6.94. The maximum Gasteiger partial charge on any atom is 0.255 e. The van der Waals surface area contributed by atoms with E-state index in [-0.39, 0.29) is 5.91 Å². The number of hydrogen-bond donors (Lipinski definition) is 2. The highest BCUT2D eigenvalue weighted by atomic mass is 16.5. The van der Waals surface area contributed by atoms with Gasteiger partial charge in [0.25, 0.3) is 5.91 Å². The number of nitrogens with zero attached hydrogens (tertiary/aromatic N) is 2. The molecule has 2 N–H and O–H groups in total. The molecule has 1 aromatic carbocycles. The number of rotatable bonds is 12. The lowest BCUT2D eigenvalue weighted by atomic mass is 10.0. The number of nitrogens with one attached hydrogen (secondary N) is 2. The van der Waals surface area contributed by atoms with E-state index in [0.29, 0.717) is 37.6 Å². The fourth-order valence-corrected chi connectivity index (χ4v) is 4.74. The average molecular weight is 483 g/mol. The van der Waals surface area contributed by atoms with Gasteiger partial charge in [0.05, 0.1) is 6.61 Å². The van der Waals surface area contributed by atoms with E-state index in [1.807, 2.05) is 26.1 Å². The molecule has 0 aromatic heterocycles. The molecule has 0 saturated carbocycles. The molecule has 1 atom stereocenters. The van der Waals surface area contributed by atoms with Crippen LogP contribution in [0.2, 0.25) is 0 Å². The number of unbranched alkanes of at least 4 members (excludes halogenated alkanes) is 1. The van der Waals surface area contributed by atoms with Gasteiger partial charge < -0.3 is 19.9 Å². The second-order valence-corrected chi connectivity index (χ2v) is 9.12. The van der Waals surface area contributed by atoms with Crippen molar-refractivity contribution in [2.75, 3.05) is 39.9 Å². The van der Waals surface area contributed by atoms with Crippen molar-refractivity contribution < 1.29 is 19.1 Å². The number of ether oxygens (including phenoxy) is 1. The Morgan fingerprint density at radius 1 is 1.29 bits per heavy atom. The summed E-state index contributed by atoms with van der Waals surface area (Å²) in [6.07, 6.45) is 5.56. The molecule has 35 heavy (non-hydrogen) atoms. The van der Waals surface area contributed by atoms with Gasteiger partial charge in [0, 0.05) is 43.3 Å². The van der Waals surface area contributed by atoms with Gasteiger partial charge in [-0.05, 0) is 63.5 Å². The van der Waals surface area contributed by atoms with E-state index < -0.39 is 11.9 Å². The summed E-state index contributed by atoms with van der Waals surface area (Å²) in [4.78, 5) is 40.1. The second kappa shape index (κ2) is 14.0. The minimum absolute atomic E-state index is 0.188. The van der Waals surface area contributed by atoms with E-state index >= 15 is 0 Å². The van der Waals surface area contributed by atoms with E-state index in [1.165, 1.54) is 12.8 Å². The van der Waals surface area contributed by atoms with Crippen LogP contribution in [0.15, 0.2) is 18.2 Å². The molecule has 3 amide bonds. The van der Waals surface area contributed by atoms with Gasteiger partial charge in [0.1, 0.15) is 6.04 Å². The SMILES string of the molecule is CCCC(C(=O)NC=O)N1Cc2c(C#CCCCOCCN3CCC(NC)CC3)cccc2C1=O. The molecule has 8 heteroatoms. The lowest BCUT2D eigenvalue weighted by Gasteiger charge is -2.31. The maximum atomic E-state index is 13.0. The van der Waals surface area contributed by atoms with Crippen LogP contribution in [0, 0.1) is 11.8 Å². The summed E-state index contributed by atoms with van der Waals surface area (Å²) < 4.78 is 5.80. The van der Waals surface area contributed by atoms with E-state index in [4.69, 9.17) is 4.74 Å². The first-order valence-electron chi connectivity index (χ1n) is 12.7. The number of piperidine rings is 1. The van der Waals surface area contributed by atoms with E-state index in [0.717, 1.165) is 56.6 Å². The summed E-state index contributed by atoms with van der Waals surface area (Å²) in [7, 11) is 2.03. The van der Waals surface area contributed by atoms with Gasteiger partial charge >= 0.3 is 0 Å². The number of imide groups is 1. The maximum absolute atomic E-state index is 13.0. The highest BCUT2D eigenvalue weighted by molar-refractivity contribution is 6.02. The Labute approximate surface area is 208 Å². The van der Waals surface area contributed by atoms with Crippen LogP contribution in [-0.4, -0.2) is 80.0 Å². The third kappa shape index (κ3) is 7.38. The molecule has 0 spiro atoms. The largest absolute Gasteiger partial charge is 0.380 e. The Bertz CT molecular complexity index is 931. The predicted molar refractivity (Wildman–Crippen MR) is 135 cm³/mol. The molecule has 0 radical (unpaired) electrons. The van der Waals surface area contributed by atoms with Gasteiger partial charge in [-0.3, -0.25) is 19.7 Å². The van der Waals surface area contributed by atoms with Crippen molar-refractivity contribution in [3.05, 3.63) is 34.9 Å². The molecular weight excluding hydrogens is 444 g/mol. The summed E-state index contributed by atoms with van der Waals surface area (Å²) in [5, 5.41) is 5.55. The molecular formula is C27H38N4O4. The topological polar surface area (TPSA) is 91.0 Å². The third-order valence-corrected chi connectivity index (χ3v) is 6.80. The molecule has 0 aliphatic carbocycles. The summed E-state index contributed by atoms with van der Waals surface area (Å²) in [5.74, 6) is 5.78. The standard InChI is InChI=1S/C27H38N4O4/c1-3-8-25(26(33)29-20-32)31-19-24-21(10-7-11-23(24)27(31)34)9-5-4-6-17-35-18-16-30-14-12-22(28-2)13-15-30/h7,10-11,20,22,25,28H,3-4,6,8,12-19H2,1-2H3,(H,29,32,33). The summed E-state index contributed by atoms with van der Waals surface area (Å²) in [5.41, 5.74) is 2.25. The highest BCUT2D eigenvalue weighted by Gasteiger charge is 2.36. The summed E-state index contributed by atoms with van der Waals surface area (Å²) in [6, 6.07) is 5.50. The molecule has 1 aromatic rings. The monoisotopic (exact) mass is 482 g/mol. The van der Waals surface area contributed by atoms with E-state index in [1.54, 1.807) is 11.0 Å². The zero-order valence-electron chi connectivity index (χ0n) is 21.0. The van der Waals surface area contributed by atoms with Crippen LogP contribution in [0.1, 0.15) is 66.9 Å². The van der Waals surface area contributed by atoms with E-state index in [9.17, 15) is 14.4 Å². The van der Waals surface area contributed by atoms with Crippen LogP contribution in [0.4, 0.5) is 0 Å². The Morgan fingerprint density at radius 2 is 2.09 bits per heavy atom. The Kier molecular flexibility index (Phi) is 10.7. The molecule has 2 heterocycles. The summed E-state index contributed by atoms with van der Waals surface area (Å²) >= 11 is 0. The first-order valence-corrected chi connectivity index (χ1v) is 12.7. The van der Waals surface area contributed by atoms with Gasteiger partial charge in [-0.15, -0.1) is 0 Å². The second-order valence-electron chi connectivity index (χ2n) is 9.12. The van der Waals surface area contributed by atoms with Crippen molar-refractivity contribution in [1.29, 1.82) is 0 Å². The van der Waals surface area contributed by atoms with Crippen LogP contribution in [-0.2, 0) is 20.9 Å². The molecule has 1 fully saturated rings. The first kappa shape index (κ1) is 26.9. The minimum atomic E-state index is -0.669. The zero-order chi connectivity index (χ0) is 25.0. The van der Waals surface area contributed by atoms with Crippen molar-refractivity contribution >= 4 is 18.2 Å². The molecule has 3 rings (SSSR count). The van der Waals surface area contributed by atoms with Crippen LogP contribution in [0.5, 0.6) is 0 Å². The Balaban J connectivity index is 1.45. The van der Waals surface area contributed by atoms with Crippen molar-refractivity contribution in [2.24, 2.45) is 0 Å². The highest BCUT2D eigenvalue weighted by Crippen LogP contribution is 2.28. The van der Waals surface area contributed by atoms with Gasteiger partial charge in [-0.25, -0.2) is 0 Å². The molecule has 8 nitrogen and oxygen atoms in total. The third-order valence-electron chi connectivity index (χ3n) is 6.80. The van der Waals surface area contributed by atoms with Crippen molar-refractivity contribution in [1.82, 2.24) is 20.4 Å². The first-order chi connectivity index (χ1) is 17.1. The number of likely N-dealkylation sites (tertiary alicyclic amines) is 1. The fourth-order valence-electron chi connectivity index (χ4n) is 4.74. The molecule has 2 aliphatic heterocycles. The predicted octanol–water partition coefficient (Wildman–Crippen LogP) is 1.92. The Hall–Kier alpha value is -2.73. The van der Waals surface area contributed by atoms with Crippen LogP contribution in [0.3, 0.4) is 0 Å². The zero-order valence-corrected chi connectivity index (χ0v) is 21.0. The Morgan fingerprint density at radius 3 is 2.80 bits per heavy atom. The van der Waals surface area contributed by atoms with Gasteiger partial charge in [0.2, 0.25) is 12.3 Å². The average Bonchev–Trinajstić information content (AvgIpc) is 3.21. The molecule has 1 saturated heterocycles. The van der Waals surface area contributed by atoms with Gasteiger partial charge in [-0.2, -0.15) is 0 Å². The van der Waals surface area contributed by atoms with Crippen LogP contribution in [0.25, 0.3) is 0 Å². The fraction of sp³-hybridized carbons (Fsp3) is 0.593. The molecule has 2 aliphatic rings. The van der Waals surface area contributed by atoms with Gasteiger partial charge in [0.15, 0.2) is 0 Å². The lowest BCUT2D eigenvalue weighted by molar-refractivity contribution is -0.129. The van der Waals surface area contributed by atoms with Crippen molar-refractivity contribution in [2.45, 2.75) is 64.1 Å². The van der Waals surface area contributed by atoms with Crippen molar-refractivity contribution in [3.63, 3.8) is 0 Å². The number of amides is 3. The van der Waals surface area contributed by atoms with E-state index in [2.05, 4.69) is 27.4 Å². The number of carbonyl (C=O) groups excluding carboxylic acids is 3. The smallest absolute Gasteiger partial charge is 0.255 e. The number of benzene rings is 1. The number of fused-ring (bicyclic) bond motifs is 1. The number of hydrogen-bond acceptors (Lipinski definition) is 6. The van der Waals surface area contributed by atoms with Gasteiger partial charge in [-0.1, -0.05) is 31.3 Å². The molecule has 190 valence electrons. The number of carbonyl (C=O) groups is 3. The minimum Gasteiger partial charge on any atom is -0.380 e. The van der Waals surface area contributed by atoms with Crippen LogP contribution >= 0.6 is 0 Å².